The first-order valence-corrected chi connectivity index (χ1v) is 9.86. The van der Waals surface area contributed by atoms with Crippen molar-refractivity contribution in [2.24, 2.45) is 0 Å². The molecule has 0 saturated carbocycles. The van der Waals surface area contributed by atoms with E-state index in [4.69, 9.17) is 10.9 Å². The van der Waals surface area contributed by atoms with Crippen molar-refractivity contribution in [1.29, 1.82) is 0 Å². The molecule has 0 radical (unpaired) electrons. The Morgan fingerprint density at radius 3 is 2.00 bits per heavy atom. The molecule has 0 aromatic heterocycles. The highest BCUT2D eigenvalue weighted by atomic mass is 79.9. The summed E-state index contributed by atoms with van der Waals surface area (Å²) in [6, 6.07) is -1.04. The SMILES string of the molecule is [2H]N(CCC(=O)N[C@@H](CCC(=O)OC(C)(C)C)C(=O)OC(C)(C)C)C(=O)CBr. The predicted octanol–water partition coefficient (Wildman–Crippen LogP) is 1.84. The third kappa shape index (κ3) is 14.1. The van der Waals surface area contributed by atoms with Crippen LogP contribution >= 0.6 is 15.9 Å². The Balaban J connectivity index is 4.89. The number of alkyl halides is 1. The molecule has 0 unspecified atom stereocenters. The molecule has 0 fully saturated rings. The van der Waals surface area contributed by atoms with Gasteiger partial charge in [-0.15, -0.1) is 0 Å². The van der Waals surface area contributed by atoms with Crippen LogP contribution in [0.4, 0.5) is 0 Å². The van der Waals surface area contributed by atoms with Gasteiger partial charge in [-0.1, -0.05) is 15.9 Å². The molecule has 9 heteroatoms. The molecular formula is C18H31BrN2O6. The number of amides is 2. The third-order valence-electron chi connectivity index (χ3n) is 2.83. The molecule has 1 atom stereocenters. The quantitative estimate of drug-likeness (QED) is 0.408. The molecule has 0 aromatic carbocycles. The van der Waals surface area contributed by atoms with E-state index >= 15 is 0 Å². The van der Waals surface area contributed by atoms with E-state index in [1.165, 1.54) is 0 Å². The van der Waals surface area contributed by atoms with Crippen LogP contribution in [-0.2, 0) is 28.7 Å². The van der Waals surface area contributed by atoms with E-state index in [1.54, 1.807) is 41.5 Å². The van der Waals surface area contributed by atoms with Crippen LogP contribution in [0.5, 0.6) is 0 Å². The molecule has 27 heavy (non-hydrogen) atoms. The molecule has 2 N–H and O–H groups in total. The second kappa shape index (κ2) is 11.3. The van der Waals surface area contributed by atoms with Gasteiger partial charge in [0.2, 0.25) is 11.8 Å². The number of esters is 2. The largest absolute Gasteiger partial charge is 0.460 e. The Morgan fingerprint density at radius 1 is 0.963 bits per heavy atom. The van der Waals surface area contributed by atoms with Crippen molar-refractivity contribution in [3.05, 3.63) is 0 Å². The molecule has 2 amide bonds. The van der Waals surface area contributed by atoms with E-state index < -0.39 is 41.0 Å². The van der Waals surface area contributed by atoms with Crippen LogP contribution in [0.2, 0.25) is 1.41 Å². The highest BCUT2D eigenvalue weighted by Gasteiger charge is 2.28. The lowest BCUT2D eigenvalue weighted by Crippen LogP contribution is -2.45. The monoisotopic (exact) mass is 451 g/mol. The second-order valence-corrected chi connectivity index (χ2v) is 8.50. The summed E-state index contributed by atoms with van der Waals surface area (Å²) >= 11 is 2.95. The van der Waals surface area contributed by atoms with Crippen LogP contribution in [-0.4, -0.2) is 52.9 Å². The summed E-state index contributed by atoms with van der Waals surface area (Å²) in [5.74, 6) is -2.17. The Hall–Kier alpha value is -1.64. The third-order valence-corrected chi connectivity index (χ3v) is 3.30. The average molecular weight is 452 g/mol. The van der Waals surface area contributed by atoms with E-state index in [0.717, 1.165) is 0 Å². The van der Waals surface area contributed by atoms with Gasteiger partial charge in [-0.2, -0.15) is 0 Å². The zero-order chi connectivity index (χ0) is 22.1. The van der Waals surface area contributed by atoms with Gasteiger partial charge < -0.3 is 20.1 Å². The number of carbonyl (C=O) groups is 4. The molecule has 0 aliphatic rings. The van der Waals surface area contributed by atoms with Gasteiger partial charge in [0.15, 0.2) is 1.41 Å². The highest BCUT2D eigenvalue weighted by molar-refractivity contribution is 9.09. The van der Waals surface area contributed by atoms with Gasteiger partial charge in [-0.05, 0) is 48.0 Å². The van der Waals surface area contributed by atoms with E-state index in [0.29, 0.717) is 5.31 Å². The zero-order valence-corrected chi connectivity index (χ0v) is 18.5. The number of carbonyl (C=O) groups excluding carboxylic acids is 4. The van der Waals surface area contributed by atoms with Crippen LogP contribution in [0.25, 0.3) is 0 Å². The molecule has 0 heterocycles. The van der Waals surface area contributed by atoms with Gasteiger partial charge in [-0.3, -0.25) is 14.4 Å². The fraction of sp³-hybridized carbons (Fsp3) is 0.778. The number of hydrogen-bond donors (Lipinski definition) is 2. The van der Waals surface area contributed by atoms with Gasteiger partial charge in [0.25, 0.3) is 0 Å². The van der Waals surface area contributed by atoms with Crippen LogP contribution in [0, 0.1) is 0 Å². The summed E-state index contributed by atoms with van der Waals surface area (Å²) in [6.07, 6.45) is -0.220. The highest BCUT2D eigenvalue weighted by Crippen LogP contribution is 2.13. The molecule has 0 aromatic rings. The van der Waals surface area contributed by atoms with Crippen molar-refractivity contribution in [3.8, 4) is 0 Å². The number of halogens is 1. The first-order chi connectivity index (χ1) is 12.6. The molecule has 8 nitrogen and oxygen atoms in total. The number of rotatable bonds is 9. The number of ether oxygens (including phenoxy) is 2. The van der Waals surface area contributed by atoms with Gasteiger partial charge in [0.05, 0.1) is 5.33 Å². The fourth-order valence-electron chi connectivity index (χ4n) is 1.87. The Bertz CT molecular complexity index is 571. The summed E-state index contributed by atoms with van der Waals surface area (Å²) in [4.78, 5) is 47.8. The van der Waals surface area contributed by atoms with Gasteiger partial charge in [0.1, 0.15) is 17.2 Å². The summed E-state index contributed by atoms with van der Waals surface area (Å²) < 4.78 is 18.0. The lowest BCUT2D eigenvalue weighted by Gasteiger charge is -2.25. The maximum absolute atomic E-state index is 12.4. The van der Waals surface area contributed by atoms with Crippen molar-refractivity contribution >= 4 is 39.7 Å². The minimum Gasteiger partial charge on any atom is -0.460 e. The molecule has 0 saturated heterocycles. The first-order valence-electron chi connectivity index (χ1n) is 9.18. The van der Waals surface area contributed by atoms with Gasteiger partial charge in [0, 0.05) is 19.4 Å². The minimum atomic E-state index is -1.04. The lowest BCUT2D eigenvalue weighted by atomic mass is 10.1. The smallest absolute Gasteiger partial charge is 0.329 e. The van der Waals surface area contributed by atoms with E-state index in [1.807, 2.05) is 0 Å². The maximum atomic E-state index is 12.4. The van der Waals surface area contributed by atoms with Crippen molar-refractivity contribution in [1.82, 2.24) is 10.6 Å². The minimum absolute atomic E-state index is 0.0144. The van der Waals surface area contributed by atoms with E-state index in [-0.39, 0.29) is 31.1 Å². The average Bonchev–Trinajstić information content (AvgIpc) is 2.52. The second-order valence-electron chi connectivity index (χ2n) is 7.94. The van der Waals surface area contributed by atoms with Gasteiger partial charge in [-0.25, -0.2) is 4.79 Å². The number of hydrogen-bond acceptors (Lipinski definition) is 6. The Labute approximate surface area is 170 Å². The first kappa shape index (κ1) is 23.4. The molecule has 156 valence electrons. The van der Waals surface area contributed by atoms with Crippen LogP contribution in [0.1, 0.15) is 60.8 Å². The maximum Gasteiger partial charge on any atom is 0.329 e. The van der Waals surface area contributed by atoms with Crippen LogP contribution < -0.4 is 10.6 Å². The van der Waals surface area contributed by atoms with E-state index in [2.05, 4.69) is 21.2 Å². The summed E-state index contributed by atoms with van der Waals surface area (Å²) in [5.41, 5.74) is -1.41. The predicted molar refractivity (Wildman–Crippen MR) is 104 cm³/mol. The molecular weight excluding hydrogens is 420 g/mol. The molecule has 0 rings (SSSR count). The molecule has 0 aliphatic carbocycles. The molecule has 0 bridgehead atoms. The fourth-order valence-corrected chi connectivity index (χ4v) is 2.04. The topological polar surface area (TPSA) is 111 Å². The molecule has 0 aliphatic heterocycles. The van der Waals surface area contributed by atoms with Crippen molar-refractivity contribution < 1.29 is 30.1 Å². The van der Waals surface area contributed by atoms with Crippen molar-refractivity contribution in [2.75, 3.05) is 11.9 Å². The lowest BCUT2D eigenvalue weighted by molar-refractivity contribution is -0.160. The standard InChI is InChI=1S/C18H31BrN2O6/c1-17(2,3)26-15(24)8-7-12(16(25)27-18(4,5)6)21-13(22)9-10-20-14(23)11-19/h12H,7-11H2,1-6H3,(H,20,23)(H,21,22)/t12-/m0/s1/i/hD. The Morgan fingerprint density at radius 2 is 1.52 bits per heavy atom. The summed E-state index contributed by atoms with van der Waals surface area (Å²) in [5, 5.41) is 3.16. The van der Waals surface area contributed by atoms with Crippen LogP contribution in [0.15, 0.2) is 0 Å². The Kier molecular flexibility index (Phi) is 9.76. The number of nitrogens with one attached hydrogen (secondary N) is 2. The van der Waals surface area contributed by atoms with E-state index in [9.17, 15) is 19.2 Å². The van der Waals surface area contributed by atoms with Crippen LogP contribution in [0.3, 0.4) is 0 Å². The van der Waals surface area contributed by atoms with Gasteiger partial charge >= 0.3 is 11.9 Å². The zero-order valence-electron chi connectivity index (χ0n) is 17.9. The molecule has 0 spiro atoms. The van der Waals surface area contributed by atoms with Crippen molar-refractivity contribution in [3.63, 3.8) is 0 Å². The summed E-state index contributed by atoms with van der Waals surface area (Å²) in [7, 11) is 0. The van der Waals surface area contributed by atoms with Crippen molar-refractivity contribution in [2.45, 2.75) is 78.0 Å². The summed E-state index contributed by atoms with van der Waals surface area (Å²) in [6.45, 7) is 10.2. The normalized spacial score (nSPS) is 13.2.